The Morgan fingerprint density at radius 2 is 2.47 bits per heavy atom. The van der Waals surface area contributed by atoms with E-state index in [1.807, 2.05) is 17.9 Å². The van der Waals surface area contributed by atoms with Gasteiger partial charge in [-0.3, -0.25) is 4.68 Å². The lowest BCUT2D eigenvalue weighted by Crippen LogP contribution is -2.35. The fraction of sp³-hybridized carbons (Fsp3) is 0.750. The Morgan fingerprint density at radius 1 is 1.59 bits per heavy atom. The van der Waals surface area contributed by atoms with Crippen molar-refractivity contribution < 1.29 is 0 Å². The lowest BCUT2D eigenvalue weighted by Gasteiger charge is -2.30. The van der Waals surface area contributed by atoms with Crippen molar-refractivity contribution in [3.05, 3.63) is 18.0 Å². The molecular formula is C12H21N3S2. The Morgan fingerprint density at radius 3 is 3.06 bits per heavy atom. The molecule has 1 aromatic rings. The monoisotopic (exact) mass is 271 g/mol. The maximum Gasteiger partial charge on any atom is 0.0620 e. The maximum absolute atomic E-state index is 4.30. The molecule has 0 radical (unpaired) electrons. The summed E-state index contributed by atoms with van der Waals surface area (Å²) in [6, 6.07) is 2.59. The van der Waals surface area contributed by atoms with Crippen LogP contribution in [-0.2, 0) is 7.05 Å². The van der Waals surface area contributed by atoms with Gasteiger partial charge in [0.1, 0.15) is 0 Å². The Bertz CT molecular complexity index is 334. The van der Waals surface area contributed by atoms with Crippen LogP contribution >= 0.6 is 23.5 Å². The first kappa shape index (κ1) is 13.3. The molecule has 0 bridgehead atoms. The van der Waals surface area contributed by atoms with Gasteiger partial charge in [-0.05, 0) is 19.0 Å². The highest BCUT2D eigenvalue weighted by Crippen LogP contribution is 2.33. The molecule has 0 aliphatic carbocycles. The number of rotatable bonds is 5. The van der Waals surface area contributed by atoms with Crippen LogP contribution < -0.4 is 5.32 Å². The number of hydrogen-bond donors (Lipinski definition) is 1. The van der Waals surface area contributed by atoms with Gasteiger partial charge in [-0.25, -0.2) is 0 Å². The molecule has 0 saturated carbocycles. The van der Waals surface area contributed by atoms with Gasteiger partial charge >= 0.3 is 0 Å². The second-order valence-electron chi connectivity index (χ2n) is 4.30. The molecule has 1 aliphatic heterocycles. The zero-order valence-corrected chi connectivity index (χ0v) is 12.2. The third-order valence-electron chi connectivity index (χ3n) is 3.01. The van der Waals surface area contributed by atoms with Crippen molar-refractivity contribution in [3.8, 4) is 0 Å². The van der Waals surface area contributed by atoms with Crippen molar-refractivity contribution in [2.24, 2.45) is 7.05 Å². The van der Waals surface area contributed by atoms with Crippen LogP contribution in [0.5, 0.6) is 0 Å². The molecule has 5 heteroatoms. The summed E-state index contributed by atoms with van der Waals surface area (Å²) < 4.78 is 2.01. The summed E-state index contributed by atoms with van der Waals surface area (Å²) >= 11 is 4.18. The van der Waals surface area contributed by atoms with Gasteiger partial charge in [-0.15, -0.1) is 0 Å². The lowest BCUT2D eigenvalue weighted by atomic mass is 10.1. The van der Waals surface area contributed by atoms with E-state index >= 15 is 0 Å². The molecule has 1 N–H and O–H groups in total. The van der Waals surface area contributed by atoms with Crippen molar-refractivity contribution >= 4 is 23.5 Å². The summed E-state index contributed by atoms with van der Waals surface area (Å²) in [5, 5.41) is 8.66. The van der Waals surface area contributed by atoms with E-state index in [9.17, 15) is 0 Å². The lowest BCUT2D eigenvalue weighted by molar-refractivity contribution is 0.494. The summed E-state index contributed by atoms with van der Waals surface area (Å²) in [4.78, 5) is 0. The van der Waals surface area contributed by atoms with Crippen LogP contribution in [0.2, 0.25) is 0 Å². The number of hydrogen-bond acceptors (Lipinski definition) is 4. The Kier molecular flexibility index (Phi) is 5.25. The number of nitrogens with one attached hydrogen (secondary N) is 1. The van der Waals surface area contributed by atoms with Crippen LogP contribution in [0.4, 0.5) is 0 Å². The van der Waals surface area contributed by atoms with E-state index in [1.165, 1.54) is 29.4 Å². The first-order chi connectivity index (χ1) is 8.33. The molecule has 2 unspecified atom stereocenters. The second-order valence-corrected chi connectivity index (χ2v) is 6.79. The van der Waals surface area contributed by atoms with Gasteiger partial charge < -0.3 is 5.32 Å². The smallest absolute Gasteiger partial charge is 0.0620 e. The topological polar surface area (TPSA) is 29.9 Å². The molecule has 2 rings (SSSR count). The molecule has 2 atom stereocenters. The van der Waals surface area contributed by atoms with Crippen molar-refractivity contribution in [1.82, 2.24) is 15.1 Å². The van der Waals surface area contributed by atoms with Gasteiger partial charge in [0.2, 0.25) is 0 Å². The van der Waals surface area contributed by atoms with Crippen LogP contribution in [0.15, 0.2) is 12.3 Å². The molecule has 0 amide bonds. The van der Waals surface area contributed by atoms with Gasteiger partial charge in [0.15, 0.2) is 0 Å². The second kappa shape index (κ2) is 6.71. The summed E-state index contributed by atoms with van der Waals surface area (Å²) in [6.45, 7) is 3.30. The zero-order valence-electron chi connectivity index (χ0n) is 10.6. The number of nitrogens with zero attached hydrogens (tertiary/aromatic N) is 2. The molecular weight excluding hydrogens is 250 g/mol. The molecule has 3 nitrogen and oxygen atoms in total. The summed E-state index contributed by atoms with van der Waals surface area (Å²) in [5.41, 5.74) is 1.32. The zero-order chi connectivity index (χ0) is 12.1. The van der Waals surface area contributed by atoms with Crippen LogP contribution in [0.25, 0.3) is 0 Å². The van der Waals surface area contributed by atoms with Crippen LogP contribution in [-0.4, -0.2) is 38.8 Å². The quantitative estimate of drug-likeness (QED) is 0.890. The highest BCUT2D eigenvalue weighted by atomic mass is 32.2. The first-order valence-corrected chi connectivity index (χ1v) is 8.44. The molecule has 1 saturated heterocycles. The highest BCUT2D eigenvalue weighted by Gasteiger charge is 2.27. The Balaban J connectivity index is 2.09. The number of aryl methyl sites for hydroxylation is 1. The number of thioether (sulfide) groups is 2. The summed E-state index contributed by atoms with van der Waals surface area (Å²) in [5.74, 6) is 3.82. The highest BCUT2D eigenvalue weighted by molar-refractivity contribution is 8.06. The van der Waals surface area contributed by atoms with Gasteiger partial charge in [0, 0.05) is 35.8 Å². The van der Waals surface area contributed by atoms with Gasteiger partial charge in [0.25, 0.3) is 0 Å². The fourth-order valence-corrected chi connectivity index (χ4v) is 4.97. The number of aromatic nitrogens is 2. The van der Waals surface area contributed by atoms with Crippen molar-refractivity contribution in [3.63, 3.8) is 0 Å². The van der Waals surface area contributed by atoms with Crippen LogP contribution in [0.1, 0.15) is 25.1 Å². The van der Waals surface area contributed by atoms with Gasteiger partial charge in [-0.2, -0.15) is 28.6 Å². The molecule has 1 fully saturated rings. The third-order valence-corrected chi connectivity index (χ3v) is 5.87. The summed E-state index contributed by atoms with van der Waals surface area (Å²) in [6.07, 6.45) is 3.08. The molecule has 96 valence electrons. The minimum Gasteiger partial charge on any atom is -0.308 e. The first-order valence-electron chi connectivity index (χ1n) is 6.23. The minimum atomic E-state index is 0.445. The largest absolute Gasteiger partial charge is 0.308 e. The van der Waals surface area contributed by atoms with Crippen molar-refractivity contribution in [1.29, 1.82) is 0 Å². The molecule has 2 heterocycles. The molecule has 17 heavy (non-hydrogen) atoms. The normalized spacial score (nSPS) is 22.6. The van der Waals surface area contributed by atoms with Gasteiger partial charge in [0.05, 0.1) is 11.7 Å². The SMILES string of the molecule is CCCNC(c1ccnn1C)C1CSCCS1. The maximum atomic E-state index is 4.30. The van der Waals surface area contributed by atoms with Crippen molar-refractivity contribution in [2.75, 3.05) is 23.8 Å². The van der Waals surface area contributed by atoms with E-state index < -0.39 is 0 Å². The minimum absolute atomic E-state index is 0.445. The van der Waals surface area contributed by atoms with E-state index in [2.05, 4.69) is 46.9 Å². The third kappa shape index (κ3) is 3.42. The van der Waals surface area contributed by atoms with Crippen LogP contribution in [0.3, 0.4) is 0 Å². The predicted octanol–water partition coefficient (Wildman–Crippen LogP) is 2.31. The average Bonchev–Trinajstić information content (AvgIpc) is 2.78. The van der Waals surface area contributed by atoms with Crippen LogP contribution in [0, 0.1) is 0 Å². The van der Waals surface area contributed by atoms with Crippen molar-refractivity contribution in [2.45, 2.75) is 24.6 Å². The van der Waals surface area contributed by atoms with E-state index in [4.69, 9.17) is 0 Å². The van der Waals surface area contributed by atoms with E-state index in [0.717, 1.165) is 6.54 Å². The molecule has 0 spiro atoms. The summed E-state index contributed by atoms with van der Waals surface area (Å²) in [7, 11) is 2.04. The molecule has 1 aliphatic rings. The fourth-order valence-electron chi connectivity index (χ4n) is 2.11. The van der Waals surface area contributed by atoms with E-state index in [-0.39, 0.29) is 0 Å². The Hall–Kier alpha value is -0.130. The Labute approximate surface area is 112 Å². The molecule has 0 aromatic carbocycles. The van der Waals surface area contributed by atoms with E-state index in [0.29, 0.717) is 11.3 Å². The van der Waals surface area contributed by atoms with Gasteiger partial charge in [-0.1, -0.05) is 6.92 Å². The predicted molar refractivity (Wildman–Crippen MR) is 77.8 cm³/mol. The standard InChI is InChI=1S/C12H21N3S2/c1-3-5-13-12(10-4-6-14-15(10)2)11-9-16-7-8-17-11/h4,6,11-13H,3,5,7-9H2,1-2H3. The van der Waals surface area contributed by atoms with E-state index in [1.54, 1.807) is 0 Å². The molecule has 1 aromatic heterocycles. The average molecular weight is 271 g/mol.